The van der Waals surface area contributed by atoms with Gasteiger partial charge < -0.3 is 0 Å². The van der Waals surface area contributed by atoms with E-state index >= 15 is 0 Å². The molecule has 4 aliphatic rings. The Hall–Kier alpha value is 0. The molecule has 4 bridgehead atoms. The highest BCUT2D eigenvalue weighted by molar-refractivity contribution is 4.92. The maximum atomic E-state index is 2.12. The summed E-state index contributed by atoms with van der Waals surface area (Å²) in [6, 6.07) is 0. The first-order chi connectivity index (χ1) is 7.73. The molecule has 4 fully saturated rings. The molecule has 0 heteroatoms. The summed E-state index contributed by atoms with van der Waals surface area (Å²) < 4.78 is 0. The highest BCUT2D eigenvalue weighted by Gasteiger charge is 2.41. The molecule has 4 saturated carbocycles. The van der Waals surface area contributed by atoms with Gasteiger partial charge in [-0.3, -0.25) is 0 Å². The van der Waals surface area contributed by atoms with Gasteiger partial charge in [0.1, 0.15) is 0 Å². The van der Waals surface area contributed by atoms with Crippen molar-refractivity contribution < 1.29 is 0 Å². The quantitative estimate of drug-likeness (QED) is 0.497. The van der Waals surface area contributed by atoms with Crippen LogP contribution in [0.15, 0.2) is 0 Å². The molecule has 0 aliphatic heterocycles. The normalized spacial score (nSPS) is 38.2. The molecule has 0 aromatic rings. The third-order valence-electron chi connectivity index (χ3n) is 4.00. The van der Waals surface area contributed by atoms with Crippen molar-refractivity contribution in [2.75, 3.05) is 0 Å². The van der Waals surface area contributed by atoms with Gasteiger partial charge in [-0.25, -0.2) is 0 Å². The zero-order chi connectivity index (χ0) is 12.0. The largest absolute Gasteiger partial charge is 0.0656 e. The lowest BCUT2D eigenvalue weighted by Gasteiger charge is -2.49. The SMILES string of the molecule is C1C2CC3CC1CC(C2)C3.CCC.CCC. The van der Waals surface area contributed by atoms with Crippen molar-refractivity contribution in [3.8, 4) is 0 Å². The molecule has 4 rings (SSSR count). The van der Waals surface area contributed by atoms with Gasteiger partial charge >= 0.3 is 0 Å². The second-order valence-corrected chi connectivity index (χ2v) is 6.29. The molecule has 0 radical (unpaired) electrons. The summed E-state index contributed by atoms with van der Waals surface area (Å²) in [5, 5.41) is 0. The van der Waals surface area contributed by atoms with Gasteiger partial charge in [0.25, 0.3) is 0 Å². The van der Waals surface area contributed by atoms with Crippen molar-refractivity contribution in [2.45, 2.75) is 79.1 Å². The molecule has 0 saturated heterocycles. The Morgan fingerprint density at radius 2 is 0.625 bits per heavy atom. The lowest BCUT2D eigenvalue weighted by Crippen LogP contribution is -2.38. The molecular weight excluding hydrogens is 192 g/mol. The van der Waals surface area contributed by atoms with Crippen LogP contribution in [-0.2, 0) is 0 Å². The van der Waals surface area contributed by atoms with Gasteiger partial charge in [0.2, 0.25) is 0 Å². The molecule has 0 nitrogen and oxygen atoms in total. The van der Waals surface area contributed by atoms with Gasteiger partial charge in [0, 0.05) is 0 Å². The van der Waals surface area contributed by atoms with Crippen molar-refractivity contribution >= 4 is 0 Å². The van der Waals surface area contributed by atoms with E-state index in [1.165, 1.54) is 36.5 Å². The van der Waals surface area contributed by atoms with E-state index in [4.69, 9.17) is 0 Å². The van der Waals surface area contributed by atoms with E-state index in [2.05, 4.69) is 27.7 Å². The summed E-state index contributed by atoms with van der Waals surface area (Å²) in [6.45, 7) is 8.50. The predicted molar refractivity (Wildman–Crippen MR) is 73.6 cm³/mol. The molecular formula is C16H32. The van der Waals surface area contributed by atoms with E-state index < -0.39 is 0 Å². The Kier molecular flexibility index (Phi) is 6.46. The Morgan fingerprint density at radius 3 is 0.750 bits per heavy atom. The second-order valence-electron chi connectivity index (χ2n) is 6.29. The zero-order valence-corrected chi connectivity index (χ0v) is 12.0. The minimum atomic E-state index is 1.18. The summed E-state index contributed by atoms with van der Waals surface area (Å²) in [5.41, 5.74) is 0. The Morgan fingerprint density at radius 1 is 0.500 bits per heavy atom. The van der Waals surface area contributed by atoms with E-state index in [-0.39, 0.29) is 0 Å². The Labute approximate surface area is 103 Å². The van der Waals surface area contributed by atoms with Gasteiger partial charge in [-0.05, 0) is 62.2 Å². The van der Waals surface area contributed by atoms with Gasteiger partial charge in [-0.2, -0.15) is 0 Å². The average Bonchev–Trinajstić information content (AvgIpc) is 2.17. The topological polar surface area (TPSA) is 0 Å². The third kappa shape index (κ3) is 4.11. The van der Waals surface area contributed by atoms with Crippen molar-refractivity contribution in [3.05, 3.63) is 0 Å². The standard InChI is InChI=1S/C10H16.2C3H8/c1-7-2-9-4-8(1)5-10(3-7)6-9;2*1-3-2/h7-10H,1-6H2;2*3H2,1-2H3. The van der Waals surface area contributed by atoms with Crippen molar-refractivity contribution in [2.24, 2.45) is 23.7 Å². The predicted octanol–water partition coefficient (Wildman–Crippen LogP) is 5.67. The maximum absolute atomic E-state index is 2.12. The zero-order valence-electron chi connectivity index (χ0n) is 12.0. The smallest absolute Gasteiger partial charge is 0.0406 e. The summed E-state index contributed by atoms with van der Waals surface area (Å²) in [7, 11) is 0. The molecule has 0 aromatic carbocycles. The molecule has 0 atom stereocenters. The lowest BCUT2D eigenvalue weighted by molar-refractivity contribution is 0.0198. The average molecular weight is 224 g/mol. The summed E-state index contributed by atoms with van der Waals surface area (Å²) >= 11 is 0. The van der Waals surface area contributed by atoms with Crippen LogP contribution in [0, 0.1) is 23.7 Å². The van der Waals surface area contributed by atoms with E-state index in [1.807, 2.05) is 0 Å². The fourth-order valence-corrected chi connectivity index (χ4v) is 3.98. The highest BCUT2D eigenvalue weighted by Crippen LogP contribution is 2.53. The van der Waals surface area contributed by atoms with Crippen LogP contribution >= 0.6 is 0 Å². The summed E-state index contributed by atoms with van der Waals surface area (Å²) in [5.74, 6) is 4.71. The van der Waals surface area contributed by atoms with Crippen LogP contribution in [-0.4, -0.2) is 0 Å². The molecule has 0 spiro atoms. The van der Waals surface area contributed by atoms with E-state index in [0.29, 0.717) is 0 Å². The van der Waals surface area contributed by atoms with Crippen molar-refractivity contribution in [3.63, 3.8) is 0 Å². The number of hydrogen-bond acceptors (Lipinski definition) is 0. The maximum Gasteiger partial charge on any atom is -0.0406 e. The Balaban J connectivity index is 0.000000185. The van der Waals surface area contributed by atoms with Crippen LogP contribution < -0.4 is 0 Å². The molecule has 16 heavy (non-hydrogen) atoms. The van der Waals surface area contributed by atoms with Crippen LogP contribution in [0.25, 0.3) is 0 Å². The molecule has 4 aliphatic carbocycles. The Bertz CT molecular complexity index is 112. The highest BCUT2D eigenvalue weighted by atomic mass is 14.5. The molecule has 0 heterocycles. The fraction of sp³-hybridized carbons (Fsp3) is 1.00. The summed E-state index contributed by atoms with van der Waals surface area (Å²) in [6.07, 6.45) is 12.1. The first kappa shape index (κ1) is 14.1. The monoisotopic (exact) mass is 224 g/mol. The third-order valence-corrected chi connectivity index (χ3v) is 4.00. The molecule has 0 unspecified atom stereocenters. The second kappa shape index (κ2) is 7.35. The molecule has 0 N–H and O–H groups in total. The number of rotatable bonds is 0. The lowest BCUT2D eigenvalue weighted by atomic mass is 9.56. The minimum Gasteiger partial charge on any atom is -0.0656 e. The fourth-order valence-electron chi connectivity index (χ4n) is 3.98. The van der Waals surface area contributed by atoms with Crippen LogP contribution in [0.2, 0.25) is 0 Å². The molecule has 96 valence electrons. The first-order valence-electron chi connectivity index (χ1n) is 7.73. The summed E-state index contributed by atoms with van der Waals surface area (Å²) in [4.78, 5) is 0. The van der Waals surface area contributed by atoms with Gasteiger partial charge in [-0.15, -0.1) is 0 Å². The van der Waals surface area contributed by atoms with Crippen LogP contribution in [0.4, 0.5) is 0 Å². The van der Waals surface area contributed by atoms with Crippen LogP contribution in [0.1, 0.15) is 79.1 Å². The van der Waals surface area contributed by atoms with E-state index in [9.17, 15) is 0 Å². The number of hydrogen-bond donors (Lipinski definition) is 0. The first-order valence-corrected chi connectivity index (χ1v) is 7.73. The van der Waals surface area contributed by atoms with Gasteiger partial charge in [0.05, 0.1) is 0 Å². The van der Waals surface area contributed by atoms with Crippen LogP contribution in [0.3, 0.4) is 0 Å². The van der Waals surface area contributed by atoms with E-state index in [1.54, 1.807) is 38.5 Å². The van der Waals surface area contributed by atoms with Gasteiger partial charge in [0.15, 0.2) is 0 Å². The van der Waals surface area contributed by atoms with Crippen molar-refractivity contribution in [1.82, 2.24) is 0 Å². The minimum absolute atomic E-state index is 1.18. The van der Waals surface area contributed by atoms with Crippen molar-refractivity contribution in [1.29, 1.82) is 0 Å². The molecule has 0 aromatic heterocycles. The molecule has 0 amide bonds. The van der Waals surface area contributed by atoms with Crippen LogP contribution in [0.5, 0.6) is 0 Å². The van der Waals surface area contributed by atoms with Gasteiger partial charge in [-0.1, -0.05) is 40.5 Å². The van der Waals surface area contributed by atoms with E-state index in [0.717, 1.165) is 0 Å².